The molecular formula is C13H13FN2O3. The molecule has 0 aliphatic heterocycles. The lowest BCUT2D eigenvalue weighted by molar-refractivity contribution is 0.0381. The Morgan fingerprint density at radius 1 is 1.37 bits per heavy atom. The molecule has 6 heteroatoms. The van der Waals surface area contributed by atoms with E-state index in [1.807, 2.05) is 0 Å². The van der Waals surface area contributed by atoms with Crippen molar-refractivity contribution in [2.45, 2.75) is 0 Å². The minimum Gasteiger partial charge on any atom is -0.458 e. The Morgan fingerprint density at radius 3 is 2.95 bits per heavy atom. The summed E-state index contributed by atoms with van der Waals surface area (Å²) in [4.78, 5) is 11.6. The van der Waals surface area contributed by atoms with Gasteiger partial charge in [0, 0.05) is 13.3 Å². The van der Waals surface area contributed by atoms with Crippen molar-refractivity contribution in [2.75, 3.05) is 20.3 Å². The van der Waals surface area contributed by atoms with Gasteiger partial charge in [-0.3, -0.25) is 0 Å². The Hall–Kier alpha value is -2.21. The van der Waals surface area contributed by atoms with Crippen LogP contribution in [0.1, 0.15) is 10.5 Å². The standard InChI is InChI=1S/C13H13FN2O3/c1-18-7-8-19-13(17)12-5-6-16(15-12)11-4-2-3-10(14)9-11/h2-6,9H,7-8H2,1H3. The predicted molar refractivity (Wildman–Crippen MR) is 65.7 cm³/mol. The van der Waals surface area contributed by atoms with Crippen LogP contribution in [-0.4, -0.2) is 36.1 Å². The fraction of sp³-hybridized carbons (Fsp3) is 0.231. The molecule has 100 valence electrons. The molecule has 0 radical (unpaired) electrons. The molecule has 2 rings (SSSR count). The molecule has 1 heterocycles. The van der Waals surface area contributed by atoms with Crippen LogP contribution in [0.5, 0.6) is 0 Å². The van der Waals surface area contributed by atoms with E-state index in [2.05, 4.69) is 5.10 Å². The van der Waals surface area contributed by atoms with Crippen molar-refractivity contribution in [3.05, 3.63) is 48.0 Å². The van der Waals surface area contributed by atoms with Gasteiger partial charge in [0.2, 0.25) is 0 Å². The fourth-order valence-corrected chi connectivity index (χ4v) is 1.49. The second-order valence-corrected chi connectivity index (χ2v) is 3.75. The van der Waals surface area contributed by atoms with E-state index in [0.29, 0.717) is 12.3 Å². The summed E-state index contributed by atoms with van der Waals surface area (Å²) >= 11 is 0. The third-order valence-electron chi connectivity index (χ3n) is 2.39. The summed E-state index contributed by atoms with van der Waals surface area (Å²) in [6.45, 7) is 0.499. The topological polar surface area (TPSA) is 53.4 Å². The van der Waals surface area contributed by atoms with Gasteiger partial charge >= 0.3 is 5.97 Å². The summed E-state index contributed by atoms with van der Waals surface area (Å²) in [6, 6.07) is 7.44. The summed E-state index contributed by atoms with van der Waals surface area (Å²) in [6.07, 6.45) is 1.57. The Morgan fingerprint density at radius 2 is 2.21 bits per heavy atom. The molecule has 2 aromatic rings. The number of rotatable bonds is 5. The first kappa shape index (κ1) is 13.2. The zero-order valence-corrected chi connectivity index (χ0v) is 10.4. The van der Waals surface area contributed by atoms with E-state index in [4.69, 9.17) is 9.47 Å². The zero-order chi connectivity index (χ0) is 13.7. The molecular weight excluding hydrogens is 251 g/mol. The summed E-state index contributed by atoms with van der Waals surface area (Å²) in [5.41, 5.74) is 0.705. The Balaban J connectivity index is 2.08. The lowest BCUT2D eigenvalue weighted by atomic mass is 10.3. The summed E-state index contributed by atoms with van der Waals surface area (Å²) < 4.78 is 24.2. The molecule has 0 atom stereocenters. The first-order valence-corrected chi connectivity index (χ1v) is 5.68. The van der Waals surface area contributed by atoms with Gasteiger partial charge in [-0.05, 0) is 24.3 Å². The number of ether oxygens (including phenoxy) is 2. The van der Waals surface area contributed by atoms with E-state index < -0.39 is 5.97 Å². The minimum absolute atomic E-state index is 0.167. The molecule has 0 bridgehead atoms. The molecule has 0 spiro atoms. The van der Waals surface area contributed by atoms with Crippen LogP contribution in [0.2, 0.25) is 0 Å². The predicted octanol–water partition coefficient (Wildman–Crippen LogP) is 1.81. The van der Waals surface area contributed by atoms with E-state index in [1.54, 1.807) is 18.3 Å². The molecule has 19 heavy (non-hydrogen) atoms. The Bertz CT molecular complexity index is 569. The van der Waals surface area contributed by atoms with Crippen molar-refractivity contribution >= 4 is 5.97 Å². The normalized spacial score (nSPS) is 10.4. The van der Waals surface area contributed by atoms with E-state index in [9.17, 15) is 9.18 Å². The number of carbonyl (C=O) groups excluding carboxylic acids is 1. The van der Waals surface area contributed by atoms with Gasteiger partial charge in [0.15, 0.2) is 5.69 Å². The quantitative estimate of drug-likeness (QED) is 0.610. The van der Waals surface area contributed by atoms with Gasteiger partial charge in [-0.1, -0.05) is 6.07 Å². The zero-order valence-electron chi connectivity index (χ0n) is 10.4. The molecule has 0 aliphatic carbocycles. The highest BCUT2D eigenvalue weighted by atomic mass is 19.1. The molecule has 0 fully saturated rings. The number of aromatic nitrogens is 2. The third-order valence-corrected chi connectivity index (χ3v) is 2.39. The highest BCUT2D eigenvalue weighted by molar-refractivity contribution is 5.87. The number of esters is 1. The number of hydrogen-bond acceptors (Lipinski definition) is 4. The maximum Gasteiger partial charge on any atom is 0.358 e. The van der Waals surface area contributed by atoms with Gasteiger partial charge in [0.1, 0.15) is 12.4 Å². The number of hydrogen-bond donors (Lipinski definition) is 0. The summed E-state index contributed by atoms with van der Waals surface area (Å²) in [5, 5.41) is 4.03. The lowest BCUT2D eigenvalue weighted by Gasteiger charge is -2.02. The smallest absolute Gasteiger partial charge is 0.358 e. The highest BCUT2D eigenvalue weighted by Gasteiger charge is 2.11. The SMILES string of the molecule is COCCOC(=O)c1ccn(-c2cccc(F)c2)n1. The molecule has 0 saturated heterocycles. The maximum absolute atomic E-state index is 13.1. The average Bonchev–Trinajstić information content (AvgIpc) is 2.88. The monoisotopic (exact) mass is 264 g/mol. The molecule has 1 aromatic carbocycles. The van der Waals surface area contributed by atoms with Crippen molar-refractivity contribution in [3.63, 3.8) is 0 Å². The van der Waals surface area contributed by atoms with Crippen molar-refractivity contribution in [1.82, 2.24) is 9.78 Å². The van der Waals surface area contributed by atoms with Gasteiger partial charge in [-0.2, -0.15) is 5.10 Å². The van der Waals surface area contributed by atoms with Crippen LogP contribution in [-0.2, 0) is 9.47 Å². The first-order chi connectivity index (χ1) is 9.20. The molecule has 0 N–H and O–H groups in total. The summed E-state index contributed by atoms with van der Waals surface area (Å²) in [7, 11) is 1.52. The fourth-order valence-electron chi connectivity index (χ4n) is 1.49. The van der Waals surface area contributed by atoms with E-state index >= 15 is 0 Å². The second kappa shape index (κ2) is 6.10. The van der Waals surface area contributed by atoms with Crippen LogP contribution in [0.4, 0.5) is 4.39 Å². The Labute approximate surface area is 109 Å². The number of benzene rings is 1. The number of carbonyl (C=O) groups is 1. The van der Waals surface area contributed by atoms with E-state index in [1.165, 1.54) is 30.0 Å². The third kappa shape index (κ3) is 3.38. The number of nitrogens with zero attached hydrogens (tertiary/aromatic N) is 2. The molecule has 0 saturated carbocycles. The van der Waals surface area contributed by atoms with Crippen LogP contribution >= 0.6 is 0 Å². The van der Waals surface area contributed by atoms with Gasteiger partial charge in [0.05, 0.1) is 12.3 Å². The average molecular weight is 264 g/mol. The van der Waals surface area contributed by atoms with Crippen LogP contribution < -0.4 is 0 Å². The van der Waals surface area contributed by atoms with Gasteiger partial charge in [0.25, 0.3) is 0 Å². The van der Waals surface area contributed by atoms with E-state index in [-0.39, 0.29) is 18.1 Å². The second-order valence-electron chi connectivity index (χ2n) is 3.75. The Kier molecular flexibility index (Phi) is 4.25. The van der Waals surface area contributed by atoms with E-state index in [0.717, 1.165) is 0 Å². The van der Waals surface area contributed by atoms with Gasteiger partial charge in [-0.15, -0.1) is 0 Å². The van der Waals surface area contributed by atoms with Gasteiger partial charge < -0.3 is 9.47 Å². The number of halogens is 1. The molecule has 0 amide bonds. The van der Waals surface area contributed by atoms with Crippen molar-refractivity contribution < 1.29 is 18.7 Å². The van der Waals surface area contributed by atoms with Crippen molar-refractivity contribution in [2.24, 2.45) is 0 Å². The molecule has 5 nitrogen and oxygen atoms in total. The van der Waals surface area contributed by atoms with Crippen LogP contribution in [0.3, 0.4) is 0 Å². The molecule has 1 aromatic heterocycles. The largest absolute Gasteiger partial charge is 0.458 e. The highest BCUT2D eigenvalue weighted by Crippen LogP contribution is 2.10. The maximum atomic E-state index is 13.1. The van der Waals surface area contributed by atoms with Crippen LogP contribution in [0.15, 0.2) is 36.5 Å². The lowest BCUT2D eigenvalue weighted by Crippen LogP contribution is -2.11. The number of methoxy groups -OCH3 is 1. The van der Waals surface area contributed by atoms with Crippen LogP contribution in [0.25, 0.3) is 5.69 Å². The minimum atomic E-state index is -0.535. The van der Waals surface area contributed by atoms with Crippen molar-refractivity contribution in [3.8, 4) is 5.69 Å². The summed E-state index contributed by atoms with van der Waals surface area (Å²) in [5.74, 6) is -0.899. The van der Waals surface area contributed by atoms with Gasteiger partial charge in [-0.25, -0.2) is 13.9 Å². The first-order valence-electron chi connectivity index (χ1n) is 5.68. The molecule has 0 unspecified atom stereocenters. The van der Waals surface area contributed by atoms with Crippen molar-refractivity contribution in [1.29, 1.82) is 0 Å². The van der Waals surface area contributed by atoms with Crippen LogP contribution in [0, 0.1) is 5.82 Å². The molecule has 0 aliphatic rings.